The van der Waals surface area contributed by atoms with Gasteiger partial charge in [-0.15, -0.1) is 0 Å². The van der Waals surface area contributed by atoms with Crippen LogP contribution in [0.4, 0.5) is 5.69 Å². The van der Waals surface area contributed by atoms with Gasteiger partial charge in [0, 0.05) is 23.7 Å². The van der Waals surface area contributed by atoms with E-state index >= 15 is 0 Å². The van der Waals surface area contributed by atoms with Crippen LogP contribution in [0.1, 0.15) is 29.3 Å². The van der Waals surface area contributed by atoms with Crippen LogP contribution >= 0.6 is 0 Å². The summed E-state index contributed by atoms with van der Waals surface area (Å²) < 4.78 is 0. The fraction of sp³-hybridized carbons (Fsp3) is 0.235. The number of nitro benzene ring substituents is 1. The zero-order chi connectivity index (χ0) is 15.9. The van der Waals surface area contributed by atoms with Crippen LogP contribution < -0.4 is 5.32 Å². The van der Waals surface area contributed by atoms with E-state index in [1.54, 1.807) is 6.07 Å². The second-order valence-corrected chi connectivity index (χ2v) is 5.08. The predicted molar refractivity (Wildman–Crippen MR) is 84.8 cm³/mol. The number of hydrogen-bond acceptors (Lipinski definition) is 3. The van der Waals surface area contributed by atoms with Crippen LogP contribution in [-0.4, -0.2) is 16.9 Å². The summed E-state index contributed by atoms with van der Waals surface area (Å²) in [6.07, 6.45) is 1.52. The van der Waals surface area contributed by atoms with Crippen molar-refractivity contribution in [3.8, 4) is 0 Å². The van der Waals surface area contributed by atoms with Crippen LogP contribution in [0.2, 0.25) is 0 Å². The quantitative estimate of drug-likeness (QED) is 0.656. The predicted octanol–water partition coefficient (Wildman–Crippen LogP) is 3.35. The molecule has 1 atom stereocenters. The molecule has 1 N–H and O–H groups in total. The first kappa shape index (κ1) is 15.7. The van der Waals surface area contributed by atoms with E-state index in [-0.39, 0.29) is 17.6 Å². The van der Waals surface area contributed by atoms with Crippen molar-refractivity contribution < 1.29 is 9.72 Å². The maximum absolute atomic E-state index is 12.2. The van der Waals surface area contributed by atoms with Crippen LogP contribution in [0.25, 0.3) is 0 Å². The molecule has 0 fully saturated rings. The normalized spacial score (nSPS) is 11.7. The lowest BCUT2D eigenvalue weighted by Crippen LogP contribution is -2.36. The van der Waals surface area contributed by atoms with Gasteiger partial charge in [0.05, 0.1) is 4.92 Å². The van der Waals surface area contributed by atoms with Crippen molar-refractivity contribution in [1.82, 2.24) is 5.32 Å². The van der Waals surface area contributed by atoms with E-state index in [4.69, 9.17) is 0 Å². The van der Waals surface area contributed by atoms with Gasteiger partial charge in [-0.05, 0) is 24.5 Å². The smallest absolute Gasteiger partial charge is 0.270 e. The highest BCUT2D eigenvalue weighted by Gasteiger charge is 2.15. The van der Waals surface area contributed by atoms with E-state index in [1.807, 2.05) is 37.3 Å². The molecular formula is C17H18N2O3. The molecule has 0 aliphatic heterocycles. The number of non-ortho nitro benzene ring substituents is 1. The molecule has 2 aromatic carbocycles. The van der Waals surface area contributed by atoms with Gasteiger partial charge in [0.25, 0.3) is 11.6 Å². The summed E-state index contributed by atoms with van der Waals surface area (Å²) in [5.74, 6) is -0.286. The Balaban J connectivity index is 2.06. The average molecular weight is 298 g/mol. The number of carbonyl (C=O) groups is 1. The van der Waals surface area contributed by atoms with Crippen molar-refractivity contribution in [3.63, 3.8) is 0 Å². The Morgan fingerprint density at radius 2 is 1.91 bits per heavy atom. The van der Waals surface area contributed by atoms with Crippen molar-refractivity contribution >= 4 is 11.6 Å². The Morgan fingerprint density at radius 3 is 2.55 bits per heavy atom. The standard InChI is InChI=1S/C17H18N2O3/c1-2-15(11-13-7-4-3-5-8-13)18-17(20)14-9-6-10-16(12-14)19(21)22/h3-10,12,15H,2,11H2,1H3,(H,18,20)/t15-/m0/s1. The summed E-state index contributed by atoms with van der Waals surface area (Å²) in [6, 6.07) is 15.7. The van der Waals surface area contributed by atoms with E-state index in [0.717, 1.165) is 18.4 Å². The lowest BCUT2D eigenvalue weighted by Gasteiger charge is -2.17. The molecule has 0 radical (unpaired) electrons. The van der Waals surface area contributed by atoms with Crippen LogP contribution in [-0.2, 0) is 6.42 Å². The molecule has 0 aliphatic carbocycles. The first-order valence-electron chi connectivity index (χ1n) is 7.19. The minimum absolute atomic E-state index is 0.00541. The summed E-state index contributed by atoms with van der Waals surface area (Å²) in [5, 5.41) is 13.7. The van der Waals surface area contributed by atoms with E-state index in [9.17, 15) is 14.9 Å². The summed E-state index contributed by atoms with van der Waals surface area (Å²) in [7, 11) is 0. The number of nitro groups is 1. The highest BCUT2D eigenvalue weighted by molar-refractivity contribution is 5.95. The Kier molecular flexibility index (Phi) is 5.25. The van der Waals surface area contributed by atoms with Crippen molar-refractivity contribution in [2.75, 3.05) is 0 Å². The number of benzene rings is 2. The van der Waals surface area contributed by atoms with Gasteiger partial charge in [-0.25, -0.2) is 0 Å². The molecule has 0 aromatic heterocycles. The number of rotatable bonds is 6. The molecule has 114 valence electrons. The van der Waals surface area contributed by atoms with Gasteiger partial charge in [-0.2, -0.15) is 0 Å². The lowest BCUT2D eigenvalue weighted by atomic mass is 10.0. The van der Waals surface area contributed by atoms with E-state index in [1.165, 1.54) is 18.2 Å². The lowest BCUT2D eigenvalue weighted by molar-refractivity contribution is -0.384. The highest BCUT2D eigenvalue weighted by atomic mass is 16.6. The third-order valence-electron chi connectivity index (χ3n) is 3.47. The molecule has 0 spiro atoms. The second-order valence-electron chi connectivity index (χ2n) is 5.08. The molecule has 5 heteroatoms. The number of amides is 1. The molecule has 0 aliphatic rings. The van der Waals surface area contributed by atoms with Crippen molar-refractivity contribution in [1.29, 1.82) is 0 Å². The van der Waals surface area contributed by atoms with Gasteiger partial charge in [-0.1, -0.05) is 43.3 Å². The van der Waals surface area contributed by atoms with Crippen LogP contribution in [0.3, 0.4) is 0 Å². The van der Waals surface area contributed by atoms with E-state index < -0.39 is 4.92 Å². The average Bonchev–Trinajstić information content (AvgIpc) is 2.55. The third-order valence-corrected chi connectivity index (χ3v) is 3.47. The minimum atomic E-state index is -0.502. The number of hydrogen-bond donors (Lipinski definition) is 1. The largest absolute Gasteiger partial charge is 0.349 e. The monoisotopic (exact) mass is 298 g/mol. The van der Waals surface area contributed by atoms with Crippen LogP contribution in [0.5, 0.6) is 0 Å². The van der Waals surface area contributed by atoms with Gasteiger partial charge in [0.15, 0.2) is 0 Å². The molecule has 5 nitrogen and oxygen atoms in total. The van der Waals surface area contributed by atoms with Crippen molar-refractivity contribution in [2.45, 2.75) is 25.8 Å². The van der Waals surface area contributed by atoms with Gasteiger partial charge < -0.3 is 5.32 Å². The summed E-state index contributed by atoms with van der Waals surface area (Å²) in [4.78, 5) is 22.5. The fourth-order valence-corrected chi connectivity index (χ4v) is 2.23. The fourth-order valence-electron chi connectivity index (χ4n) is 2.23. The first-order chi connectivity index (χ1) is 10.6. The van der Waals surface area contributed by atoms with E-state index in [0.29, 0.717) is 5.56 Å². The van der Waals surface area contributed by atoms with Crippen LogP contribution in [0, 0.1) is 10.1 Å². The number of carbonyl (C=O) groups excluding carboxylic acids is 1. The third kappa shape index (κ3) is 4.15. The van der Waals surface area contributed by atoms with Gasteiger partial charge in [-0.3, -0.25) is 14.9 Å². The molecule has 0 heterocycles. The van der Waals surface area contributed by atoms with Crippen molar-refractivity contribution in [2.24, 2.45) is 0 Å². The molecule has 1 amide bonds. The topological polar surface area (TPSA) is 72.2 Å². The zero-order valence-corrected chi connectivity index (χ0v) is 12.4. The SMILES string of the molecule is CC[C@@H](Cc1ccccc1)NC(=O)c1cccc([N+](=O)[O-])c1. The highest BCUT2D eigenvalue weighted by Crippen LogP contribution is 2.14. The Labute approximate surface area is 129 Å². The van der Waals surface area contributed by atoms with E-state index in [2.05, 4.69) is 5.32 Å². The number of nitrogens with zero attached hydrogens (tertiary/aromatic N) is 1. The summed E-state index contributed by atoms with van der Waals surface area (Å²) in [6.45, 7) is 2.00. The molecule has 0 saturated heterocycles. The van der Waals surface area contributed by atoms with Crippen molar-refractivity contribution in [3.05, 3.63) is 75.8 Å². The maximum atomic E-state index is 12.2. The Hall–Kier alpha value is -2.69. The minimum Gasteiger partial charge on any atom is -0.349 e. The Morgan fingerprint density at radius 1 is 1.18 bits per heavy atom. The number of nitrogens with one attached hydrogen (secondary N) is 1. The first-order valence-corrected chi connectivity index (χ1v) is 7.19. The van der Waals surface area contributed by atoms with Gasteiger partial charge >= 0.3 is 0 Å². The zero-order valence-electron chi connectivity index (χ0n) is 12.4. The molecular weight excluding hydrogens is 280 g/mol. The molecule has 0 bridgehead atoms. The molecule has 2 rings (SSSR count). The molecule has 2 aromatic rings. The van der Waals surface area contributed by atoms with Gasteiger partial charge in [0.2, 0.25) is 0 Å². The Bertz CT molecular complexity index is 656. The molecule has 0 unspecified atom stereocenters. The van der Waals surface area contributed by atoms with Crippen LogP contribution in [0.15, 0.2) is 54.6 Å². The maximum Gasteiger partial charge on any atom is 0.270 e. The summed E-state index contributed by atoms with van der Waals surface area (Å²) >= 11 is 0. The second kappa shape index (κ2) is 7.36. The molecule has 0 saturated carbocycles. The summed E-state index contributed by atoms with van der Waals surface area (Å²) in [5.41, 5.74) is 1.37. The van der Waals surface area contributed by atoms with Gasteiger partial charge in [0.1, 0.15) is 0 Å². The molecule has 22 heavy (non-hydrogen) atoms.